The molecule has 0 aromatic heterocycles. The number of hydrogen-bond acceptors (Lipinski definition) is 3. The molecule has 2 aliphatic rings. The zero-order chi connectivity index (χ0) is 11.0. The summed E-state index contributed by atoms with van der Waals surface area (Å²) in [6.07, 6.45) is 1.83. The molecule has 0 aromatic carbocycles. The molecule has 2 saturated heterocycles. The molecule has 82 valence electrons. The zero-order valence-corrected chi connectivity index (χ0v) is 8.86. The van der Waals surface area contributed by atoms with E-state index in [-0.39, 0.29) is 24.0 Å². The molecular weight excluding hydrogens is 194 g/mol. The molecule has 2 rings (SSSR count). The van der Waals surface area contributed by atoms with Crippen molar-refractivity contribution in [2.24, 2.45) is 0 Å². The summed E-state index contributed by atoms with van der Waals surface area (Å²) >= 11 is 0. The van der Waals surface area contributed by atoms with E-state index in [2.05, 4.69) is 6.58 Å². The van der Waals surface area contributed by atoms with Gasteiger partial charge < -0.3 is 4.74 Å². The van der Waals surface area contributed by atoms with Gasteiger partial charge in [-0.05, 0) is 19.8 Å². The Labute approximate surface area is 88.9 Å². The van der Waals surface area contributed by atoms with E-state index in [9.17, 15) is 9.59 Å². The highest BCUT2D eigenvalue weighted by molar-refractivity contribution is 5.98. The van der Waals surface area contributed by atoms with E-state index in [1.807, 2.05) is 0 Å². The first kappa shape index (κ1) is 10.2. The Morgan fingerprint density at radius 1 is 1.60 bits per heavy atom. The van der Waals surface area contributed by atoms with E-state index in [4.69, 9.17) is 4.74 Å². The van der Waals surface area contributed by atoms with Crippen LogP contribution in [0.15, 0.2) is 12.2 Å². The summed E-state index contributed by atoms with van der Waals surface area (Å²) in [6.45, 7) is 5.92. The second-order valence-corrected chi connectivity index (χ2v) is 4.01. The highest BCUT2D eigenvalue weighted by Gasteiger charge is 2.45. The quantitative estimate of drug-likeness (QED) is 0.615. The van der Waals surface area contributed by atoms with Gasteiger partial charge in [-0.1, -0.05) is 6.58 Å². The van der Waals surface area contributed by atoms with E-state index in [1.165, 1.54) is 0 Å². The van der Waals surface area contributed by atoms with E-state index in [0.29, 0.717) is 18.6 Å². The molecule has 15 heavy (non-hydrogen) atoms. The van der Waals surface area contributed by atoms with Gasteiger partial charge in [0.1, 0.15) is 0 Å². The van der Waals surface area contributed by atoms with Crippen LogP contribution in [0.2, 0.25) is 0 Å². The fourth-order valence-electron chi connectivity index (χ4n) is 2.43. The first-order valence-corrected chi connectivity index (χ1v) is 5.32. The van der Waals surface area contributed by atoms with Crippen LogP contribution in [-0.4, -0.2) is 35.5 Å². The van der Waals surface area contributed by atoms with Crippen LogP contribution in [0.3, 0.4) is 0 Å². The minimum atomic E-state index is -0.307. The molecule has 1 amide bonds. The van der Waals surface area contributed by atoms with Gasteiger partial charge in [-0.2, -0.15) is 0 Å². The highest BCUT2D eigenvalue weighted by Crippen LogP contribution is 2.36. The van der Waals surface area contributed by atoms with Gasteiger partial charge in [-0.15, -0.1) is 0 Å². The fraction of sp³-hybridized carbons (Fsp3) is 0.636. The second kappa shape index (κ2) is 3.68. The predicted molar refractivity (Wildman–Crippen MR) is 54.4 cm³/mol. The molecule has 0 spiro atoms. The van der Waals surface area contributed by atoms with Gasteiger partial charge in [0.05, 0.1) is 12.6 Å². The maximum atomic E-state index is 11.7. The molecule has 4 heteroatoms. The number of hydrogen-bond donors (Lipinski definition) is 0. The lowest BCUT2D eigenvalue weighted by Crippen LogP contribution is -2.48. The van der Waals surface area contributed by atoms with Crippen molar-refractivity contribution in [1.82, 2.24) is 4.90 Å². The normalized spacial score (nSPS) is 29.5. The Balaban J connectivity index is 2.18. The number of Topliss-reactive ketones (excluding diaryl/α,β-unsaturated/α-hetero) is 1. The third kappa shape index (κ3) is 1.54. The number of amides is 1. The summed E-state index contributed by atoms with van der Waals surface area (Å²) in [4.78, 5) is 24.9. The lowest BCUT2D eigenvalue weighted by atomic mass is 9.97. The summed E-state index contributed by atoms with van der Waals surface area (Å²) < 4.78 is 4.98. The Kier molecular flexibility index (Phi) is 2.50. The number of carbonyl (C=O) groups excluding carboxylic acids is 2. The average Bonchev–Trinajstić information content (AvgIpc) is 2.54. The molecule has 2 fully saturated rings. The summed E-state index contributed by atoms with van der Waals surface area (Å²) in [5, 5.41) is 0. The van der Waals surface area contributed by atoms with Gasteiger partial charge in [0, 0.05) is 18.0 Å². The molecule has 0 aromatic rings. The lowest BCUT2D eigenvalue weighted by molar-refractivity contribution is -0.118. The Bertz CT molecular complexity index is 324. The summed E-state index contributed by atoms with van der Waals surface area (Å²) in [5.74, 6) is 0.100. The van der Waals surface area contributed by atoms with E-state index in [1.54, 1.807) is 11.8 Å². The van der Waals surface area contributed by atoms with Crippen molar-refractivity contribution in [1.29, 1.82) is 0 Å². The third-order valence-electron chi connectivity index (χ3n) is 3.16. The van der Waals surface area contributed by atoms with Gasteiger partial charge >= 0.3 is 6.09 Å². The van der Waals surface area contributed by atoms with E-state index in [0.717, 1.165) is 12.8 Å². The maximum Gasteiger partial charge on any atom is 0.410 e. The van der Waals surface area contributed by atoms with Crippen molar-refractivity contribution in [3.63, 3.8) is 0 Å². The van der Waals surface area contributed by atoms with Crippen LogP contribution in [-0.2, 0) is 9.53 Å². The first-order chi connectivity index (χ1) is 7.15. The number of fused-ring (bicyclic) bond motifs is 2. The number of rotatable bonds is 1. The molecule has 2 heterocycles. The van der Waals surface area contributed by atoms with Crippen LogP contribution >= 0.6 is 0 Å². The number of ketones is 1. The molecule has 0 unspecified atom stereocenters. The average molecular weight is 209 g/mol. The van der Waals surface area contributed by atoms with Crippen LogP contribution in [0.4, 0.5) is 4.79 Å². The lowest BCUT2D eigenvalue weighted by Gasteiger charge is -2.34. The molecule has 4 nitrogen and oxygen atoms in total. The SMILES string of the molecule is C=C1C(=O)C[C@@H]2CC[C@H]1N2C(=O)OCC. The first-order valence-electron chi connectivity index (χ1n) is 5.32. The molecule has 0 aliphatic carbocycles. The largest absolute Gasteiger partial charge is 0.450 e. The maximum absolute atomic E-state index is 11.7. The van der Waals surface area contributed by atoms with Crippen molar-refractivity contribution in [2.75, 3.05) is 6.61 Å². The standard InChI is InChI=1S/C11H15NO3/c1-3-15-11(14)12-8-4-5-9(12)7(2)10(13)6-8/h8-9H,2-6H2,1H3/t8-,9+/m0/s1. The second-order valence-electron chi connectivity index (χ2n) is 4.01. The topological polar surface area (TPSA) is 46.6 Å². The smallest absolute Gasteiger partial charge is 0.410 e. The summed E-state index contributed by atoms with van der Waals surface area (Å²) in [7, 11) is 0. The molecular formula is C11H15NO3. The molecule has 2 atom stereocenters. The Morgan fingerprint density at radius 3 is 3.00 bits per heavy atom. The Morgan fingerprint density at radius 2 is 2.33 bits per heavy atom. The third-order valence-corrected chi connectivity index (χ3v) is 3.16. The molecule has 0 N–H and O–H groups in total. The minimum absolute atomic E-state index is 0.0343. The van der Waals surface area contributed by atoms with Crippen LogP contribution < -0.4 is 0 Å². The molecule has 2 aliphatic heterocycles. The van der Waals surface area contributed by atoms with Crippen molar-refractivity contribution in [2.45, 2.75) is 38.3 Å². The van der Waals surface area contributed by atoms with Crippen LogP contribution in [0.5, 0.6) is 0 Å². The number of ether oxygens (including phenoxy) is 1. The molecule has 0 radical (unpaired) electrons. The van der Waals surface area contributed by atoms with Crippen molar-refractivity contribution >= 4 is 11.9 Å². The van der Waals surface area contributed by atoms with Gasteiger partial charge in [-0.3, -0.25) is 9.69 Å². The fourth-order valence-corrected chi connectivity index (χ4v) is 2.43. The van der Waals surface area contributed by atoms with E-state index < -0.39 is 0 Å². The zero-order valence-electron chi connectivity index (χ0n) is 8.86. The van der Waals surface area contributed by atoms with Crippen LogP contribution in [0.25, 0.3) is 0 Å². The van der Waals surface area contributed by atoms with Crippen LogP contribution in [0, 0.1) is 0 Å². The predicted octanol–water partition coefficient (Wildman–Crippen LogP) is 1.50. The number of carbonyl (C=O) groups is 2. The number of piperidine rings is 1. The van der Waals surface area contributed by atoms with Crippen molar-refractivity contribution < 1.29 is 14.3 Å². The van der Waals surface area contributed by atoms with Crippen LogP contribution in [0.1, 0.15) is 26.2 Å². The van der Waals surface area contributed by atoms with Gasteiger partial charge in [0.15, 0.2) is 5.78 Å². The van der Waals surface area contributed by atoms with E-state index >= 15 is 0 Å². The van der Waals surface area contributed by atoms with Crippen molar-refractivity contribution in [3.05, 3.63) is 12.2 Å². The Hall–Kier alpha value is -1.32. The molecule has 0 saturated carbocycles. The highest BCUT2D eigenvalue weighted by atomic mass is 16.6. The minimum Gasteiger partial charge on any atom is -0.450 e. The van der Waals surface area contributed by atoms with Gasteiger partial charge in [0.25, 0.3) is 0 Å². The van der Waals surface area contributed by atoms with Crippen molar-refractivity contribution in [3.8, 4) is 0 Å². The summed E-state index contributed by atoms with van der Waals surface area (Å²) in [6, 6.07) is -0.0812. The monoisotopic (exact) mass is 209 g/mol. The van der Waals surface area contributed by atoms with Gasteiger partial charge in [-0.25, -0.2) is 4.79 Å². The number of nitrogens with zero attached hydrogens (tertiary/aromatic N) is 1. The summed E-state index contributed by atoms with van der Waals surface area (Å²) in [5.41, 5.74) is 0.566. The van der Waals surface area contributed by atoms with Gasteiger partial charge in [0.2, 0.25) is 0 Å². The molecule has 2 bridgehead atoms.